The first kappa shape index (κ1) is 13.8. The van der Waals surface area contributed by atoms with Gasteiger partial charge < -0.3 is 15.1 Å². The standard InChI is InChI=1S/C16H31N3/c1-16(15-3-4-15)13-19(12-8-17-16)11-7-14-5-9-18(2)10-6-14/h14-15,17H,3-13H2,1-2H3. The van der Waals surface area contributed by atoms with Crippen molar-refractivity contribution in [3.8, 4) is 0 Å². The van der Waals surface area contributed by atoms with E-state index < -0.39 is 0 Å². The van der Waals surface area contributed by atoms with Gasteiger partial charge in [-0.05, 0) is 77.5 Å². The van der Waals surface area contributed by atoms with E-state index in [2.05, 4.69) is 29.1 Å². The molecule has 3 rings (SSSR count). The van der Waals surface area contributed by atoms with Crippen LogP contribution in [0, 0.1) is 11.8 Å². The minimum absolute atomic E-state index is 0.422. The average molecular weight is 265 g/mol. The number of likely N-dealkylation sites (tertiary alicyclic amines) is 1. The van der Waals surface area contributed by atoms with Crippen molar-refractivity contribution in [2.45, 2.75) is 44.6 Å². The number of hydrogen-bond acceptors (Lipinski definition) is 3. The lowest BCUT2D eigenvalue weighted by molar-refractivity contribution is 0.113. The Kier molecular flexibility index (Phi) is 4.16. The number of hydrogen-bond donors (Lipinski definition) is 1. The molecule has 0 radical (unpaired) electrons. The van der Waals surface area contributed by atoms with Gasteiger partial charge >= 0.3 is 0 Å². The van der Waals surface area contributed by atoms with Crippen LogP contribution >= 0.6 is 0 Å². The van der Waals surface area contributed by atoms with Gasteiger partial charge in [0.2, 0.25) is 0 Å². The molecule has 0 spiro atoms. The lowest BCUT2D eigenvalue weighted by Gasteiger charge is -2.42. The summed E-state index contributed by atoms with van der Waals surface area (Å²) in [5.74, 6) is 1.94. The summed E-state index contributed by atoms with van der Waals surface area (Å²) in [5.41, 5.74) is 0.422. The Hall–Kier alpha value is -0.120. The maximum Gasteiger partial charge on any atom is 0.0309 e. The molecule has 1 saturated carbocycles. The van der Waals surface area contributed by atoms with Crippen LogP contribution in [0.1, 0.15) is 39.0 Å². The largest absolute Gasteiger partial charge is 0.309 e. The zero-order valence-corrected chi connectivity index (χ0v) is 12.8. The van der Waals surface area contributed by atoms with Crippen LogP contribution in [0.25, 0.3) is 0 Å². The average Bonchev–Trinajstić information content (AvgIpc) is 3.23. The second-order valence-electron chi connectivity index (χ2n) is 7.43. The lowest BCUT2D eigenvalue weighted by Crippen LogP contribution is -2.60. The molecule has 0 bridgehead atoms. The highest BCUT2D eigenvalue weighted by atomic mass is 15.2. The molecule has 19 heavy (non-hydrogen) atoms. The van der Waals surface area contributed by atoms with Crippen LogP contribution in [0.15, 0.2) is 0 Å². The van der Waals surface area contributed by atoms with Gasteiger partial charge in [0, 0.05) is 25.2 Å². The molecular weight excluding hydrogens is 234 g/mol. The predicted molar refractivity (Wildman–Crippen MR) is 80.4 cm³/mol. The van der Waals surface area contributed by atoms with E-state index in [1.54, 1.807) is 0 Å². The van der Waals surface area contributed by atoms with Crippen molar-refractivity contribution in [3.05, 3.63) is 0 Å². The summed E-state index contributed by atoms with van der Waals surface area (Å²) >= 11 is 0. The highest BCUT2D eigenvalue weighted by Gasteiger charge is 2.43. The van der Waals surface area contributed by atoms with E-state index in [4.69, 9.17) is 0 Å². The van der Waals surface area contributed by atoms with Crippen LogP contribution in [0.4, 0.5) is 0 Å². The first-order valence-corrected chi connectivity index (χ1v) is 8.32. The van der Waals surface area contributed by atoms with Gasteiger partial charge in [-0.1, -0.05) is 0 Å². The van der Waals surface area contributed by atoms with E-state index in [0.29, 0.717) is 5.54 Å². The number of rotatable bonds is 4. The second kappa shape index (κ2) is 5.71. The van der Waals surface area contributed by atoms with Crippen LogP contribution in [0.2, 0.25) is 0 Å². The van der Waals surface area contributed by atoms with Gasteiger partial charge in [-0.2, -0.15) is 0 Å². The van der Waals surface area contributed by atoms with E-state index in [1.165, 1.54) is 71.4 Å². The molecule has 1 atom stereocenters. The van der Waals surface area contributed by atoms with Crippen LogP contribution in [0.3, 0.4) is 0 Å². The smallest absolute Gasteiger partial charge is 0.0309 e. The Bertz CT molecular complexity index is 294. The summed E-state index contributed by atoms with van der Waals surface area (Å²) in [4.78, 5) is 5.21. The van der Waals surface area contributed by atoms with Crippen LogP contribution in [-0.2, 0) is 0 Å². The fourth-order valence-electron chi connectivity index (χ4n) is 4.00. The van der Waals surface area contributed by atoms with Gasteiger partial charge in [0.25, 0.3) is 0 Å². The SMILES string of the molecule is CN1CCC(CCN2CCNC(C)(C3CC3)C2)CC1. The van der Waals surface area contributed by atoms with E-state index >= 15 is 0 Å². The summed E-state index contributed by atoms with van der Waals surface area (Å²) < 4.78 is 0. The van der Waals surface area contributed by atoms with Gasteiger partial charge in [-0.25, -0.2) is 0 Å². The Morgan fingerprint density at radius 3 is 2.53 bits per heavy atom. The molecule has 3 fully saturated rings. The fraction of sp³-hybridized carbons (Fsp3) is 1.00. The van der Waals surface area contributed by atoms with Crippen molar-refractivity contribution in [1.29, 1.82) is 0 Å². The molecule has 1 aliphatic carbocycles. The highest BCUT2D eigenvalue weighted by molar-refractivity contribution is 5.02. The first-order valence-electron chi connectivity index (χ1n) is 8.32. The molecular formula is C16H31N3. The second-order valence-corrected chi connectivity index (χ2v) is 7.43. The van der Waals surface area contributed by atoms with Crippen molar-refractivity contribution in [2.75, 3.05) is 46.3 Å². The third-order valence-electron chi connectivity index (χ3n) is 5.68. The number of piperazine rings is 1. The first-order chi connectivity index (χ1) is 9.16. The number of piperidine rings is 1. The van der Waals surface area contributed by atoms with E-state index in [9.17, 15) is 0 Å². The predicted octanol–water partition coefficient (Wildman–Crippen LogP) is 1.79. The normalized spacial score (nSPS) is 35.7. The molecule has 3 heteroatoms. The Balaban J connectivity index is 1.42. The summed E-state index contributed by atoms with van der Waals surface area (Å²) in [6.45, 7) is 10.1. The Labute approximate surface area is 118 Å². The minimum Gasteiger partial charge on any atom is -0.309 e. The monoisotopic (exact) mass is 265 g/mol. The molecule has 0 aromatic heterocycles. The van der Waals surface area contributed by atoms with E-state index in [1.807, 2.05) is 0 Å². The minimum atomic E-state index is 0.422. The van der Waals surface area contributed by atoms with Gasteiger partial charge in [0.1, 0.15) is 0 Å². The maximum absolute atomic E-state index is 3.78. The van der Waals surface area contributed by atoms with Crippen molar-refractivity contribution in [3.63, 3.8) is 0 Å². The summed E-state index contributed by atoms with van der Waals surface area (Å²) in [5, 5.41) is 3.78. The zero-order chi connectivity index (χ0) is 13.3. The molecule has 1 unspecified atom stereocenters. The van der Waals surface area contributed by atoms with E-state index in [-0.39, 0.29) is 0 Å². The lowest BCUT2D eigenvalue weighted by atomic mass is 9.91. The highest BCUT2D eigenvalue weighted by Crippen LogP contribution is 2.40. The molecule has 3 nitrogen and oxygen atoms in total. The quantitative estimate of drug-likeness (QED) is 0.836. The molecule has 0 aromatic rings. The van der Waals surface area contributed by atoms with Crippen molar-refractivity contribution in [2.24, 2.45) is 11.8 Å². The third kappa shape index (κ3) is 3.50. The van der Waals surface area contributed by atoms with Crippen molar-refractivity contribution < 1.29 is 0 Å². The van der Waals surface area contributed by atoms with Crippen molar-refractivity contribution in [1.82, 2.24) is 15.1 Å². The molecule has 2 heterocycles. The van der Waals surface area contributed by atoms with Crippen LogP contribution < -0.4 is 5.32 Å². The van der Waals surface area contributed by atoms with Crippen molar-refractivity contribution >= 4 is 0 Å². The molecule has 1 N–H and O–H groups in total. The molecule has 0 amide bonds. The zero-order valence-electron chi connectivity index (χ0n) is 12.8. The topological polar surface area (TPSA) is 18.5 Å². The maximum atomic E-state index is 3.78. The molecule has 3 aliphatic rings. The molecule has 2 saturated heterocycles. The summed E-state index contributed by atoms with van der Waals surface area (Å²) in [7, 11) is 2.26. The fourth-order valence-corrected chi connectivity index (χ4v) is 4.00. The number of nitrogens with one attached hydrogen (secondary N) is 1. The van der Waals surface area contributed by atoms with Gasteiger partial charge in [0.15, 0.2) is 0 Å². The van der Waals surface area contributed by atoms with Crippen LogP contribution in [-0.4, -0.2) is 61.7 Å². The molecule has 2 aliphatic heterocycles. The molecule has 0 aromatic carbocycles. The van der Waals surface area contributed by atoms with E-state index in [0.717, 1.165) is 11.8 Å². The Morgan fingerprint density at radius 2 is 1.84 bits per heavy atom. The van der Waals surface area contributed by atoms with Gasteiger partial charge in [0.05, 0.1) is 0 Å². The summed E-state index contributed by atoms with van der Waals surface area (Å²) in [6, 6.07) is 0. The summed E-state index contributed by atoms with van der Waals surface area (Å²) in [6.07, 6.45) is 7.16. The molecule has 110 valence electrons. The van der Waals surface area contributed by atoms with Gasteiger partial charge in [-0.3, -0.25) is 0 Å². The van der Waals surface area contributed by atoms with Gasteiger partial charge in [-0.15, -0.1) is 0 Å². The van der Waals surface area contributed by atoms with Crippen LogP contribution in [0.5, 0.6) is 0 Å². The Morgan fingerprint density at radius 1 is 1.11 bits per heavy atom. The third-order valence-corrected chi connectivity index (χ3v) is 5.68. The number of nitrogens with zero attached hydrogens (tertiary/aromatic N) is 2.